The van der Waals surface area contributed by atoms with E-state index in [1.54, 1.807) is 17.0 Å². The van der Waals surface area contributed by atoms with E-state index < -0.39 is 9.84 Å². The maximum atomic E-state index is 12.4. The number of urea groups is 1. The normalized spacial score (nSPS) is 15.1. The lowest BCUT2D eigenvalue weighted by molar-refractivity contribution is 0.0919. The molecule has 2 N–H and O–H groups in total. The molecule has 0 bridgehead atoms. The van der Waals surface area contributed by atoms with Crippen LogP contribution >= 0.6 is 0 Å². The number of nitrogens with one attached hydrogen (secondary N) is 2. The molecule has 2 aromatic carbocycles. The van der Waals surface area contributed by atoms with Crippen molar-refractivity contribution in [3.05, 3.63) is 60.2 Å². The van der Waals surface area contributed by atoms with Crippen molar-refractivity contribution in [3.8, 4) is 0 Å². The van der Waals surface area contributed by atoms with E-state index >= 15 is 0 Å². The van der Waals surface area contributed by atoms with E-state index in [0.717, 1.165) is 11.9 Å². The van der Waals surface area contributed by atoms with Crippen LogP contribution in [0.4, 0.5) is 10.5 Å². The van der Waals surface area contributed by atoms with Crippen molar-refractivity contribution in [1.29, 1.82) is 0 Å². The lowest BCUT2D eigenvalue weighted by Gasteiger charge is -2.32. The Morgan fingerprint density at radius 1 is 1.00 bits per heavy atom. The topological polar surface area (TPSA) is 95.6 Å². The quantitative estimate of drug-likeness (QED) is 0.823. The highest BCUT2D eigenvalue weighted by Gasteiger charge is 2.24. The summed E-state index contributed by atoms with van der Waals surface area (Å²) in [5.74, 6) is -0.308. The molecule has 0 unspecified atom stereocenters. The SMILES string of the molecule is CS(=O)(=O)c1cccc(C(=O)NC2CCN(C(=O)Nc3ccccc3)CC2)c1. The summed E-state index contributed by atoms with van der Waals surface area (Å²) in [6.45, 7) is 1.07. The minimum absolute atomic E-state index is 0.0600. The van der Waals surface area contributed by atoms with Gasteiger partial charge in [-0.1, -0.05) is 24.3 Å². The monoisotopic (exact) mass is 401 g/mol. The zero-order valence-electron chi connectivity index (χ0n) is 15.6. The van der Waals surface area contributed by atoms with Crippen molar-refractivity contribution in [2.24, 2.45) is 0 Å². The number of carbonyl (C=O) groups excluding carboxylic acids is 2. The van der Waals surface area contributed by atoms with Crippen LogP contribution in [-0.2, 0) is 9.84 Å². The van der Waals surface area contributed by atoms with Crippen molar-refractivity contribution >= 4 is 27.5 Å². The number of sulfone groups is 1. The average molecular weight is 401 g/mol. The number of hydrogen-bond acceptors (Lipinski definition) is 4. The Bertz CT molecular complexity index is 952. The molecule has 0 aromatic heterocycles. The van der Waals surface area contributed by atoms with Gasteiger partial charge >= 0.3 is 6.03 Å². The van der Waals surface area contributed by atoms with Gasteiger partial charge in [-0.25, -0.2) is 13.2 Å². The molecule has 0 radical (unpaired) electrons. The summed E-state index contributed by atoms with van der Waals surface area (Å²) < 4.78 is 23.3. The van der Waals surface area contributed by atoms with Gasteiger partial charge in [0.15, 0.2) is 9.84 Å². The zero-order chi connectivity index (χ0) is 20.1. The molecule has 1 heterocycles. The molecule has 2 aromatic rings. The van der Waals surface area contributed by atoms with E-state index in [-0.39, 0.29) is 22.9 Å². The highest BCUT2D eigenvalue weighted by molar-refractivity contribution is 7.90. The van der Waals surface area contributed by atoms with E-state index in [4.69, 9.17) is 0 Å². The van der Waals surface area contributed by atoms with Gasteiger partial charge in [-0.05, 0) is 43.2 Å². The van der Waals surface area contributed by atoms with E-state index in [1.165, 1.54) is 12.1 Å². The summed E-state index contributed by atoms with van der Waals surface area (Å²) in [4.78, 5) is 26.6. The Kier molecular flexibility index (Phi) is 5.99. The molecule has 0 saturated carbocycles. The molecule has 148 valence electrons. The van der Waals surface area contributed by atoms with Crippen LogP contribution in [0.15, 0.2) is 59.5 Å². The van der Waals surface area contributed by atoms with Crippen LogP contribution < -0.4 is 10.6 Å². The minimum atomic E-state index is -3.37. The molecule has 7 nitrogen and oxygen atoms in total. The number of carbonyl (C=O) groups is 2. The predicted molar refractivity (Wildman–Crippen MR) is 107 cm³/mol. The maximum absolute atomic E-state index is 12.4. The molecule has 0 atom stereocenters. The first-order valence-corrected chi connectivity index (χ1v) is 10.9. The van der Waals surface area contributed by atoms with Crippen molar-refractivity contribution in [1.82, 2.24) is 10.2 Å². The molecular formula is C20H23N3O4S. The second-order valence-electron chi connectivity index (χ2n) is 6.83. The Labute approximate surface area is 164 Å². The van der Waals surface area contributed by atoms with Crippen LogP contribution in [0.3, 0.4) is 0 Å². The molecule has 1 aliphatic rings. The Morgan fingerprint density at radius 2 is 1.68 bits per heavy atom. The van der Waals surface area contributed by atoms with Gasteiger partial charge in [-0.3, -0.25) is 4.79 Å². The average Bonchev–Trinajstić information content (AvgIpc) is 2.69. The van der Waals surface area contributed by atoms with Crippen molar-refractivity contribution in [2.75, 3.05) is 24.7 Å². The number of anilines is 1. The number of para-hydroxylation sites is 1. The summed E-state index contributed by atoms with van der Waals surface area (Å²) >= 11 is 0. The smallest absolute Gasteiger partial charge is 0.321 e. The van der Waals surface area contributed by atoms with Gasteiger partial charge in [-0.2, -0.15) is 0 Å². The third-order valence-corrected chi connectivity index (χ3v) is 5.78. The number of likely N-dealkylation sites (tertiary alicyclic amines) is 1. The van der Waals surface area contributed by atoms with Crippen LogP contribution in [0.25, 0.3) is 0 Å². The van der Waals surface area contributed by atoms with Crippen LogP contribution in [0.5, 0.6) is 0 Å². The molecule has 0 spiro atoms. The van der Waals surface area contributed by atoms with E-state index in [2.05, 4.69) is 10.6 Å². The van der Waals surface area contributed by atoms with Crippen molar-refractivity contribution in [3.63, 3.8) is 0 Å². The lowest BCUT2D eigenvalue weighted by Crippen LogP contribution is -2.47. The molecule has 1 aliphatic heterocycles. The summed E-state index contributed by atoms with van der Waals surface area (Å²) in [6.07, 6.45) is 2.39. The van der Waals surface area contributed by atoms with Crippen LogP contribution in [-0.4, -0.2) is 50.6 Å². The molecule has 0 aliphatic carbocycles. The number of benzene rings is 2. The van der Waals surface area contributed by atoms with E-state index in [9.17, 15) is 18.0 Å². The molecule has 1 fully saturated rings. The second kappa shape index (κ2) is 8.43. The number of piperidine rings is 1. The third-order valence-electron chi connectivity index (χ3n) is 4.67. The Hall–Kier alpha value is -2.87. The highest BCUT2D eigenvalue weighted by atomic mass is 32.2. The van der Waals surface area contributed by atoms with Crippen molar-refractivity contribution in [2.45, 2.75) is 23.8 Å². The molecule has 3 rings (SSSR count). The number of hydrogen-bond donors (Lipinski definition) is 2. The number of rotatable bonds is 4. The van der Waals surface area contributed by atoms with E-state index in [1.807, 2.05) is 30.3 Å². The number of nitrogens with zero attached hydrogens (tertiary/aromatic N) is 1. The van der Waals surface area contributed by atoms with Crippen molar-refractivity contribution < 1.29 is 18.0 Å². The van der Waals surface area contributed by atoms with E-state index in [0.29, 0.717) is 31.5 Å². The summed E-state index contributed by atoms with van der Waals surface area (Å²) in [6, 6.07) is 15.0. The van der Waals surface area contributed by atoms with Gasteiger partial charge in [0.05, 0.1) is 4.90 Å². The molecule has 8 heteroatoms. The van der Waals surface area contributed by atoms with Gasteiger partial charge in [0.25, 0.3) is 5.91 Å². The predicted octanol–water partition coefficient (Wildman–Crippen LogP) is 2.52. The fourth-order valence-electron chi connectivity index (χ4n) is 3.09. The van der Waals surface area contributed by atoms with Gasteiger partial charge in [0.2, 0.25) is 0 Å². The first kappa shape index (κ1) is 19.9. The first-order chi connectivity index (χ1) is 13.3. The summed E-state index contributed by atoms with van der Waals surface area (Å²) in [7, 11) is -3.37. The third kappa shape index (κ3) is 5.10. The first-order valence-electron chi connectivity index (χ1n) is 9.05. The fraction of sp³-hybridized carbons (Fsp3) is 0.300. The van der Waals surface area contributed by atoms with Crippen LogP contribution in [0.2, 0.25) is 0 Å². The minimum Gasteiger partial charge on any atom is -0.349 e. The lowest BCUT2D eigenvalue weighted by atomic mass is 10.0. The molecule has 1 saturated heterocycles. The van der Waals surface area contributed by atoms with Gasteiger partial charge in [0.1, 0.15) is 0 Å². The second-order valence-corrected chi connectivity index (χ2v) is 8.85. The fourth-order valence-corrected chi connectivity index (χ4v) is 3.75. The Balaban J connectivity index is 1.53. The number of amides is 3. The zero-order valence-corrected chi connectivity index (χ0v) is 16.4. The molecular weight excluding hydrogens is 378 g/mol. The molecule has 28 heavy (non-hydrogen) atoms. The van der Waals surface area contributed by atoms with Gasteiger partial charge < -0.3 is 15.5 Å². The largest absolute Gasteiger partial charge is 0.349 e. The van der Waals surface area contributed by atoms with Crippen LogP contribution in [0.1, 0.15) is 23.2 Å². The summed E-state index contributed by atoms with van der Waals surface area (Å²) in [5.41, 5.74) is 1.06. The van der Waals surface area contributed by atoms with Gasteiger partial charge in [-0.15, -0.1) is 0 Å². The molecule has 3 amide bonds. The van der Waals surface area contributed by atoms with Crippen LogP contribution in [0, 0.1) is 0 Å². The van der Waals surface area contributed by atoms with Gasteiger partial charge in [0, 0.05) is 36.6 Å². The Morgan fingerprint density at radius 3 is 2.32 bits per heavy atom. The standard InChI is InChI=1S/C20H23N3O4S/c1-28(26,27)18-9-5-6-15(14-18)19(24)21-17-10-12-23(13-11-17)20(25)22-16-7-3-2-4-8-16/h2-9,14,17H,10-13H2,1H3,(H,21,24)(H,22,25). The maximum Gasteiger partial charge on any atom is 0.321 e. The highest BCUT2D eigenvalue weighted by Crippen LogP contribution is 2.15. The summed E-state index contributed by atoms with van der Waals surface area (Å²) in [5, 5.41) is 5.79.